The van der Waals surface area contributed by atoms with E-state index in [4.69, 9.17) is 9.84 Å². The normalized spacial score (nSPS) is 10.4. The molecule has 88 valence electrons. The Bertz CT molecular complexity index is 517. The highest BCUT2D eigenvalue weighted by Gasteiger charge is 2.08. The predicted octanol–water partition coefficient (Wildman–Crippen LogP) is 1.92. The Labute approximate surface area is 98.1 Å². The van der Waals surface area contributed by atoms with Gasteiger partial charge in [-0.25, -0.2) is 9.78 Å². The fraction of sp³-hybridized carbons (Fsp3) is 0.167. The Morgan fingerprint density at radius 1 is 1.41 bits per heavy atom. The van der Waals surface area contributed by atoms with Gasteiger partial charge in [0.2, 0.25) is 0 Å². The van der Waals surface area contributed by atoms with Crippen molar-refractivity contribution in [2.45, 2.75) is 6.61 Å². The number of rotatable bonds is 4. The van der Waals surface area contributed by atoms with Gasteiger partial charge in [-0.2, -0.15) is 0 Å². The van der Waals surface area contributed by atoms with Crippen molar-refractivity contribution in [1.82, 2.24) is 9.97 Å². The Kier molecular flexibility index (Phi) is 3.20. The lowest BCUT2D eigenvalue weighted by atomic mass is 10.1. The van der Waals surface area contributed by atoms with Crippen LogP contribution in [0.2, 0.25) is 0 Å². The number of ether oxygens (including phenoxy) is 1. The highest BCUT2D eigenvalue weighted by atomic mass is 16.5. The van der Waals surface area contributed by atoms with Crippen LogP contribution >= 0.6 is 0 Å². The van der Waals surface area contributed by atoms with Gasteiger partial charge in [0.15, 0.2) is 0 Å². The van der Waals surface area contributed by atoms with Crippen LogP contribution in [0.4, 0.5) is 0 Å². The molecular weight excluding hydrogens is 220 g/mol. The molecule has 0 aliphatic heterocycles. The molecule has 1 aromatic heterocycles. The van der Waals surface area contributed by atoms with Crippen LogP contribution in [0.5, 0.6) is 0 Å². The van der Waals surface area contributed by atoms with Crippen LogP contribution in [0, 0.1) is 0 Å². The minimum absolute atomic E-state index is 0.0842. The van der Waals surface area contributed by atoms with Gasteiger partial charge in [0.25, 0.3) is 0 Å². The van der Waals surface area contributed by atoms with E-state index in [1.165, 1.54) is 6.20 Å². The molecule has 0 radical (unpaired) electrons. The van der Waals surface area contributed by atoms with E-state index in [-0.39, 0.29) is 5.69 Å². The average molecular weight is 232 g/mol. The zero-order valence-electron chi connectivity index (χ0n) is 9.30. The molecule has 1 aromatic carbocycles. The summed E-state index contributed by atoms with van der Waals surface area (Å²) in [7, 11) is 1.64. The third kappa shape index (κ3) is 2.51. The molecule has 2 rings (SSSR count). The number of H-pyrrole nitrogens is 1. The summed E-state index contributed by atoms with van der Waals surface area (Å²) < 4.78 is 5.01. The van der Waals surface area contributed by atoms with E-state index >= 15 is 0 Å². The summed E-state index contributed by atoms with van der Waals surface area (Å²) in [5.74, 6) is -0.467. The summed E-state index contributed by atoms with van der Waals surface area (Å²) >= 11 is 0. The predicted molar refractivity (Wildman–Crippen MR) is 61.7 cm³/mol. The summed E-state index contributed by atoms with van der Waals surface area (Å²) in [5, 5.41) is 8.77. The second kappa shape index (κ2) is 4.80. The number of hydrogen-bond donors (Lipinski definition) is 2. The first-order chi connectivity index (χ1) is 8.20. The minimum Gasteiger partial charge on any atom is -0.477 e. The van der Waals surface area contributed by atoms with Crippen LogP contribution in [-0.2, 0) is 11.3 Å². The molecule has 5 nitrogen and oxygen atoms in total. The van der Waals surface area contributed by atoms with Crippen molar-refractivity contribution in [3.05, 3.63) is 41.7 Å². The SMILES string of the molecule is COCc1ccc(-c2ncc(C(=O)O)[nH]2)cc1. The summed E-state index contributed by atoms with van der Waals surface area (Å²) in [6.45, 7) is 0.554. The maximum Gasteiger partial charge on any atom is 0.353 e. The van der Waals surface area contributed by atoms with Gasteiger partial charge in [-0.05, 0) is 5.56 Å². The van der Waals surface area contributed by atoms with E-state index in [0.717, 1.165) is 11.1 Å². The number of aromatic nitrogens is 2. The van der Waals surface area contributed by atoms with Crippen LogP contribution in [0.1, 0.15) is 16.1 Å². The second-order valence-electron chi connectivity index (χ2n) is 3.58. The third-order valence-electron chi connectivity index (χ3n) is 2.34. The number of carboxylic acids is 1. The Balaban J connectivity index is 2.23. The summed E-state index contributed by atoms with van der Waals surface area (Å²) in [6, 6.07) is 7.58. The molecule has 0 bridgehead atoms. The minimum atomic E-state index is -1.01. The van der Waals surface area contributed by atoms with Crippen molar-refractivity contribution in [3.8, 4) is 11.4 Å². The Morgan fingerprint density at radius 3 is 2.65 bits per heavy atom. The van der Waals surface area contributed by atoms with Crippen molar-refractivity contribution >= 4 is 5.97 Å². The molecule has 0 spiro atoms. The van der Waals surface area contributed by atoms with E-state index in [9.17, 15) is 4.79 Å². The standard InChI is InChI=1S/C12H12N2O3/c1-17-7-8-2-4-9(5-3-8)11-13-6-10(14-11)12(15)16/h2-6H,7H2,1H3,(H,13,14)(H,15,16). The zero-order valence-corrected chi connectivity index (χ0v) is 9.30. The van der Waals surface area contributed by atoms with E-state index in [1.54, 1.807) is 7.11 Å². The summed E-state index contributed by atoms with van der Waals surface area (Å²) in [4.78, 5) is 17.5. The largest absolute Gasteiger partial charge is 0.477 e. The molecule has 2 N–H and O–H groups in total. The average Bonchev–Trinajstić information content (AvgIpc) is 2.80. The number of carboxylic acid groups (broad SMARTS) is 1. The molecule has 0 amide bonds. The molecule has 0 saturated carbocycles. The molecule has 0 atom stereocenters. The first-order valence-corrected chi connectivity index (χ1v) is 5.07. The molecule has 0 saturated heterocycles. The van der Waals surface area contributed by atoms with E-state index in [2.05, 4.69) is 9.97 Å². The number of aromatic amines is 1. The first kappa shape index (κ1) is 11.3. The number of methoxy groups -OCH3 is 1. The van der Waals surface area contributed by atoms with Gasteiger partial charge in [0.1, 0.15) is 11.5 Å². The summed E-state index contributed by atoms with van der Waals surface area (Å²) in [6.07, 6.45) is 1.31. The van der Waals surface area contributed by atoms with Crippen LogP contribution in [0.25, 0.3) is 11.4 Å². The zero-order chi connectivity index (χ0) is 12.3. The molecule has 0 fully saturated rings. The maximum atomic E-state index is 10.7. The van der Waals surface area contributed by atoms with Crippen molar-refractivity contribution < 1.29 is 14.6 Å². The monoisotopic (exact) mass is 232 g/mol. The molecule has 0 aliphatic carbocycles. The molecular formula is C12H12N2O3. The van der Waals surface area contributed by atoms with Gasteiger partial charge in [0.05, 0.1) is 12.8 Å². The number of imidazole rings is 1. The molecule has 2 aromatic rings. The highest BCUT2D eigenvalue weighted by molar-refractivity contribution is 5.85. The van der Waals surface area contributed by atoms with Crippen molar-refractivity contribution in [3.63, 3.8) is 0 Å². The van der Waals surface area contributed by atoms with Gasteiger partial charge in [0, 0.05) is 12.7 Å². The summed E-state index contributed by atoms with van der Waals surface area (Å²) in [5.41, 5.74) is 1.99. The van der Waals surface area contributed by atoms with E-state index in [0.29, 0.717) is 12.4 Å². The molecule has 1 heterocycles. The maximum absolute atomic E-state index is 10.7. The van der Waals surface area contributed by atoms with Crippen LogP contribution < -0.4 is 0 Å². The highest BCUT2D eigenvalue weighted by Crippen LogP contribution is 2.16. The Hall–Kier alpha value is -2.14. The topological polar surface area (TPSA) is 75.2 Å². The number of nitrogens with one attached hydrogen (secondary N) is 1. The number of benzene rings is 1. The van der Waals surface area contributed by atoms with Crippen LogP contribution in [0.3, 0.4) is 0 Å². The van der Waals surface area contributed by atoms with E-state index in [1.807, 2.05) is 24.3 Å². The first-order valence-electron chi connectivity index (χ1n) is 5.07. The number of aromatic carboxylic acids is 1. The van der Waals surface area contributed by atoms with Gasteiger partial charge < -0.3 is 14.8 Å². The van der Waals surface area contributed by atoms with Crippen LogP contribution in [-0.4, -0.2) is 28.2 Å². The number of nitrogens with zero attached hydrogens (tertiary/aromatic N) is 1. The van der Waals surface area contributed by atoms with Gasteiger partial charge in [-0.1, -0.05) is 24.3 Å². The number of hydrogen-bond acceptors (Lipinski definition) is 3. The van der Waals surface area contributed by atoms with Gasteiger partial charge in [-0.3, -0.25) is 0 Å². The number of carbonyl (C=O) groups is 1. The van der Waals surface area contributed by atoms with Gasteiger partial charge >= 0.3 is 5.97 Å². The molecule has 17 heavy (non-hydrogen) atoms. The molecule has 5 heteroatoms. The lowest BCUT2D eigenvalue weighted by Gasteiger charge is -2.01. The quantitative estimate of drug-likeness (QED) is 0.844. The molecule has 0 aliphatic rings. The smallest absolute Gasteiger partial charge is 0.353 e. The Morgan fingerprint density at radius 2 is 2.12 bits per heavy atom. The fourth-order valence-corrected chi connectivity index (χ4v) is 1.50. The van der Waals surface area contributed by atoms with Crippen LogP contribution in [0.15, 0.2) is 30.5 Å². The fourth-order valence-electron chi connectivity index (χ4n) is 1.50. The third-order valence-corrected chi connectivity index (χ3v) is 2.34. The van der Waals surface area contributed by atoms with Crippen molar-refractivity contribution in [2.75, 3.05) is 7.11 Å². The van der Waals surface area contributed by atoms with Crippen molar-refractivity contribution in [1.29, 1.82) is 0 Å². The van der Waals surface area contributed by atoms with Gasteiger partial charge in [-0.15, -0.1) is 0 Å². The lowest BCUT2D eigenvalue weighted by Crippen LogP contribution is -1.95. The van der Waals surface area contributed by atoms with E-state index < -0.39 is 5.97 Å². The van der Waals surface area contributed by atoms with Crippen molar-refractivity contribution in [2.24, 2.45) is 0 Å². The lowest BCUT2D eigenvalue weighted by molar-refractivity contribution is 0.0691. The second-order valence-corrected chi connectivity index (χ2v) is 3.58. The molecule has 0 unspecified atom stereocenters.